The summed E-state index contributed by atoms with van der Waals surface area (Å²) in [4.78, 5) is 0. The summed E-state index contributed by atoms with van der Waals surface area (Å²) < 4.78 is 0. The second-order valence-corrected chi connectivity index (χ2v) is 10.0. The molecule has 1 aromatic carbocycles. The lowest BCUT2D eigenvalue weighted by atomic mass is 9.94. The molecule has 26 heavy (non-hydrogen) atoms. The molecule has 1 nitrogen and oxygen atoms in total. The first kappa shape index (κ1) is 19.8. The van der Waals surface area contributed by atoms with E-state index in [2.05, 4.69) is 19.9 Å². The molecule has 3 rings (SSSR count). The molecule has 2 fully saturated rings. The summed E-state index contributed by atoms with van der Waals surface area (Å²) in [5.41, 5.74) is 4.30. The highest BCUT2D eigenvalue weighted by molar-refractivity contribution is 5.35. The Morgan fingerprint density at radius 3 is 1.77 bits per heavy atom. The predicted octanol–water partition coefficient (Wildman–Crippen LogP) is 7.59. The first-order valence-electron chi connectivity index (χ1n) is 11.3. The van der Waals surface area contributed by atoms with Crippen LogP contribution >= 0.6 is 0 Å². The number of aryl methyl sites for hydroxylation is 2. The maximum absolute atomic E-state index is 9.88. The minimum Gasteiger partial charge on any atom is -0.508 e. The molecule has 0 bridgehead atoms. The minimum absolute atomic E-state index is 0.437. The van der Waals surface area contributed by atoms with Crippen molar-refractivity contribution in [1.29, 1.82) is 0 Å². The van der Waals surface area contributed by atoms with Crippen LogP contribution in [0.1, 0.15) is 108 Å². The molecule has 0 atom stereocenters. The van der Waals surface area contributed by atoms with Gasteiger partial charge in [-0.15, -0.1) is 0 Å². The summed E-state index contributed by atoms with van der Waals surface area (Å²) in [5, 5.41) is 9.88. The van der Waals surface area contributed by atoms with Crippen molar-refractivity contribution < 1.29 is 5.11 Å². The van der Waals surface area contributed by atoms with Gasteiger partial charge in [0.1, 0.15) is 5.75 Å². The molecule has 0 heterocycles. The molecule has 0 unspecified atom stereocenters. The third-order valence-corrected chi connectivity index (χ3v) is 7.10. The highest BCUT2D eigenvalue weighted by Crippen LogP contribution is 2.49. The summed E-state index contributed by atoms with van der Waals surface area (Å²) in [5.74, 6) is 0.437. The Morgan fingerprint density at radius 1 is 0.692 bits per heavy atom. The smallest absolute Gasteiger partial charge is 0.115 e. The van der Waals surface area contributed by atoms with Crippen molar-refractivity contribution in [3.05, 3.63) is 29.3 Å². The normalized spacial score (nSPS) is 19.5. The number of unbranched alkanes of at least 4 members (excludes halogenated alkanes) is 5. The van der Waals surface area contributed by atoms with Crippen molar-refractivity contribution in [2.24, 2.45) is 10.8 Å². The zero-order valence-electron chi connectivity index (χ0n) is 17.3. The van der Waals surface area contributed by atoms with Crippen LogP contribution in [0.3, 0.4) is 0 Å². The third kappa shape index (κ3) is 6.63. The number of phenols is 1. The van der Waals surface area contributed by atoms with E-state index in [1.165, 1.54) is 101 Å². The van der Waals surface area contributed by atoms with E-state index < -0.39 is 0 Å². The molecule has 0 aromatic heterocycles. The van der Waals surface area contributed by atoms with Crippen molar-refractivity contribution >= 4 is 0 Å². The Morgan fingerprint density at radius 2 is 1.19 bits per heavy atom. The maximum Gasteiger partial charge on any atom is 0.115 e. The molecule has 2 aliphatic carbocycles. The van der Waals surface area contributed by atoms with Gasteiger partial charge in [-0.3, -0.25) is 0 Å². The number of benzene rings is 1. The third-order valence-electron chi connectivity index (χ3n) is 7.10. The van der Waals surface area contributed by atoms with Crippen LogP contribution in [0.25, 0.3) is 0 Å². The van der Waals surface area contributed by atoms with Crippen LogP contribution in [0.2, 0.25) is 0 Å². The van der Waals surface area contributed by atoms with Gasteiger partial charge < -0.3 is 5.11 Å². The molecular weight excluding hydrogens is 316 g/mol. The van der Waals surface area contributed by atoms with Gasteiger partial charge in [0.05, 0.1) is 0 Å². The average molecular weight is 357 g/mol. The van der Waals surface area contributed by atoms with Gasteiger partial charge in [0.25, 0.3) is 0 Å². The number of aromatic hydroxyl groups is 1. The highest BCUT2D eigenvalue weighted by atomic mass is 16.3. The molecule has 0 radical (unpaired) electrons. The van der Waals surface area contributed by atoms with Crippen LogP contribution in [-0.2, 0) is 12.8 Å². The number of hydrogen-bond acceptors (Lipinski definition) is 1. The van der Waals surface area contributed by atoms with Gasteiger partial charge in [-0.25, -0.2) is 0 Å². The molecule has 0 aliphatic heterocycles. The molecule has 2 saturated carbocycles. The quantitative estimate of drug-likeness (QED) is 0.361. The molecule has 1 aromatic rings. The number of phenolic OH excluding ortho intramolecular Hbond substituents is 1. The number of rotatable bonds is 13. The topological polar surface area (TPSA) is 20.2 Å². The molecule has 2 aliphatic rings. The Balaban J connectivity index is 1.33. The van der Waals surface area contributed by atoms with Crippen molar-refractivity contribution in [1.82, 2.24) is 0 Å². The van der Waals surface area contributed by atoms with Crippen LogP contribution in [0.5, 0.6) is 5.75 Å². The first-order valence-corrected chi connectivity index (χ1v) is 11.3. The van der Waals surface area contributed by atoms with Crippen molar-refractivity contribution in [3.8, 4) is 5.75 Å². The van der Waals surface area contributed by atoms with Crippen molar-refractivity contribution in [2.45, 2.75) is 110 Å². The average Bonchev–Trinajstić information content (AvgIpc) is 3.52. The Hall–Kier alpha value is -0.980. The largest absolute Gasteiger partial charge is 0.508 e. The maximum atomic E-state index is 9.88. The van der Waals surface area contributed by atoms with E-state index >= 15 is 0 Å². The fourth-order valence-corrected chi connectivity index (χ4v) is 4.28. The fourth-order valence-electron chi connectivity index (χ4n) is 4.28. The summed E-state index contributed by atoms with van der Waals surface area (Å²) >= 11 is 0. The van der Waals surface area contributed by atoms with E-state index in [0.29, 0.717) is 11.2 Å². The zero-order chi connectivity index (χ0) is 18.5. The Labute approximate surface area is 161 Å². The van der Waals surface area contributed by atoms with E-state index in [1.807, 2.05) is 12.1 Å². The van der Waals surface area contributed by atoms with E-state index in [4.69, 9.17) is 0 Å². The van der Waals surface area contributed by atoms with E-state index in [9.17, 15) is 5.11 Å². The van der Waals surface area contributed by atoms with Gasteiger partial charge >= 0.3 is 0 Å². The molecule has 146 valence electrons. The van der Waals surface area contributed by atoms with Gasteiger partial charge in [0.15, 0.2) is 0 Å². The van der Waals surface area contributed by atoms with Crippen LogP contribution in [0.4, 0.5) is 0 Å². The van der Waals surface area contributed by atoms with E-state index in [0.717, 1.165) is 11.8 Å². The second kappa shape index (κ2) is 8.81. The lowest BCUT2D eigenvalue weighted by molar-refractivity contribution is 0.469. The Bertz CT molecular complexity index is 566. The Kier molecular flexibility index (Phi) is 6.70. The van der Waals surface area contributed by atoms with Gasteiger partial charge in [-0.2, -0.15) is 0 Å². The second-order valence-electron chi connectivity index (χ2n) is 10.0. The molecule has 0 spiro atoms. The standard InChI is InChI=1S/C25H40O/c1-24(16-17-24)14-8-4-3-6-10-21-12-13-23(26)20-22(21)11-7-5-9-15-25(2)18-19-25/h12-13,20,26H,3-11,14-19H2,1-2H3. The summed E-state index contributed by atoms with van der Waals surface area (Å²) in [6, 6.07) is 6.06. The van der Waals surface area contributed by atoms with Gasteiger partial charge in [-0.1, -0.05) is 52.0 Å². The summed E-state index contributed by atoms with van der Waals surface area (Å²) in [7, 11) is 0. The van der Waals surface area contributed by atoms with Crippen LogP contribution in [0.15, 0.2) is 18.2 Å². The first-order chi connectivity index (χ1) is 12.5. The zero-order valence-corrected chi connectivity index (χ0v) is 17.3. The van der Waals surface area contributed by atoms with E-state index in [-0.39, 0.29) is 0 Å². The summed E-state index contributed by atoms with van der Waals surface area (Å²) in [6.45, 7) is 4.88. The van der Waals surface area contributed by atoms with Crippen LogP contribution in [0, 0.1) is 10.8 Å². The van der Waals surface area contributed by atoms with Crippen LogP contribution < -0.4 is 0 Å². The van der Waals surface area contributed by atoms with Crippen molar-refractivity contribution in [3.63, 3.8) is 0 Å². The minimum atomic E-state index is 0.437. The monoisotopic (exact) mass is 356 g/mol. The van der Waals surface area contributed by atoms with Gasteiger partial charge in [-0.05, 0) is 98.3 Å². The lowest BCUT2D eigenvalue weighted by Crippen LogP contribution is -1.97. The fraction of sp³-hybridized carbons (Fsp3) is 0.760. The molecule has 0 saturated heterocycles. The number of hydrogen-bond donors (Lipinski definition) is 1. The predicted molar refractivity (Wildman–Crippen MR) is 112 cm³/mol. The molecular formula is C25H40O. The SMILES string of the molecule is CC1(CCCCCCc2ccc(O)cc2CCCCCC2(C)CC2)CC1. The van der Waals surface area contributed by atoms with Crippen LogP contribution in [-0.4, -0.2) is 5.11 Å². The van der Waals surface area contributed by atoms with Crippen molar-refractivity contribution in [2.75, 3.05) is 0 Å². The highest BCUT2D eigenvalue weighted by Gasteiger charge is 2.36. The van der Waals surface area contributed by atoms with E-state index in [1.54, 1.807) is 0 Å². The van der Waals surface area contributed by atoms with Gasteiger partial charge in [0.2, 0.25) is 0 Å². The lowest BCUT2D eigenvalue weighted by Gasteiger charge is -2.12. The van der Waals surface area contributed by atoms with Gasteiger partial charge in [0, 0.05) is 0 Å². The molecule has 1 N–H and O–H groups in total. The summed E-state index contributed by atoms with van der Waals surface area (Å²) in [6.07, 6.45) is 20.4. The molecule has 0 amide bonds. The molecule has 1 heteroatoms.